The number of amides is 1. The molecule has 0 saturated carbocycles. The van der Waals surface area contributed by atoms with Crippen molar-refractivity contribution in [3.8, 4) is 5.75 Å². The van der Waals surface area contributed by atoms with Crippen LogP contribution in [0.2, 0.25) is 0 Å². The number of nitrogens with zero attached hydrogens (tertiary/aromatic N) is 1. The summed E-state index contributed by atoms with van der Waals surface area (Å²) in [5.41, 5.74) is 0.0884. The van der Waals surface area contributed by atoms with Crippen LogP contribution in [0, 0.1) is 5.82 Å². The molecule has 6 heteroatoms. The number of halogens is 1. The summed E-state index contributed by atoms with van der Waals surface area (Å²) in [4.78, 5) is 23.2. The Hall–Kier alpha value is -2.11. The van der Waals surface area contributed by atoms with Crippen LogP contribution in [0.25, 0.3) is 0 Å². The van der Waals surface area contributed by atoms with E-state index in [9.17, 15) is 14.0 Å². The van der Waals surface area contributed by atoms with Crippen molar-refractivity contribution in [2.45, 2.75) is 13.0 Å². The molecular weight excluding hydrogens is 229 g/mol. The number of benzene rings is 1. The molecule has 0 bridgehead atoms. The van der Waals surface area contributed by atoms with Crippen molar-refractivity contribution in [1.82, 2.24) is 4.90 Å². The van der Waals surface area contributed by atoms with E-state index in [-0.39, 0.29) is 5.56 Å². The number of hydrogen-bond acceptors (Lipinski definition) is 3. The Bertz CT molecular complexity index is 461. The van der Waals surface area contributed by atoms with Gasteiger partial charge in [0.25, 0.3) is 0 Å². The highest BCUT2D eigenvalue weighted by Crippen LogP contribution is 2.24. The summed E-state index contributed by atoms with van der Waals surface area (Å²) in [5, 5.41) is 18.0. The first-order valence-corrected chi connectivity index (χ1v) is 4.79. The molecule has 1 aromatic carbocycles. The van der Waals surface area contributed by atoms with Gasteiger partial charge >= 0.3 is 5.97 Å². The van der Waals surface area contributed by atoms with Crippen molar-refractivity contribution in [3.05, 3.63) is 29.6 Å². The van der Waals surface area contributed by atoms with Crippen molar-refractivity contribution in [2.75, 3.05) is 7.05 Å². The number of phenols is 1. The minimum absolute atomic E-state index is 0.0884. The van der Waals surface area contributed by atoms with E-state index in [1.54, 1.807) is 0 Å². The maximum atomic E-state index is 13.1. The Morgan fingerprint density at radius 3 is 2.41 bits per heavy atom. The monoisotopic (exact) mass is 241 g/mol. The third-order valence-corrected chi connectivity index (χ3v) is 2.41. The average Bonchev–Trinajstić information content (AvgIpc) is 2.22. The lowest BCUT2D eigenvalue weighted by molar-refractivity contribution is -0.148. The predicted octanol–water partition coefficient (Wildman–Crippen LogP) is 1.14. The van der Waals surface area contributed by atoms with Crippen molar-refractivity contribution in [2.24, 2.45) is 0 Å². The van der Waals surface area contributed by atoms with Gasteiger partial charge in [0, 0.05) is 14.0 Å². The number of aliphatic carboxylic acids is 1. The van der Waals surface area contributed by atoms with E-state index < -0.39 is 29.5 Å². The molecule has 0 aliphatic heterocycles. The number of hydrogen-bond donors (Lipinski definition) is 2. The van der Waals surface area contributed by atoms with Gasteiger partial charge in [-0.3, -0.25) is 4.79 Å². The van der Waals surface area contributed by atoms with Crippen LogP contribution in [-0.4, -0.2) is 34.0 Å². The van der Waals surface area contributed by atoms with E-state index in [0.29, 0.717) is 0 Å². The molecule has 2 N–H and O–H groups in total. The quantitative estimate of drug-likeness (QED) is 0.831. The first-order valence-electron chi connectivity index (χ1n) is 4.79. The highest BCUT2D eigenvalue weighted by Gasteiger charge is 2.27. The van der Waals surface area contributed by atoms with Gasteiger partial charge in [-0.1, -0.05) is 6.07 Å². The minimum atomic E-state index is -1.28. The standard InChI is InChI=1S/C11H12FNO4/c1-6(14)13(2)10(11(16)17)7-3-4-9(15)8(12)5-7/h3-5,10,15H,1-2H3,(H,16,17). The molecule has 1 amide bonds. The van der Waals surface area contributed by atoms with Gasteiger partial charge in [-0.05, 0) is 17.7 Å². The van der Waals surface area contributed by atoms with Gasteiger partial charge in [-0.2, -0.15) is 0 Å². The largest absolute Gasteiger partial charge is 0.505 e. The molecule has 17 heavy (non-hydrogen) atoms. The maximum absolute atomic E-state index is 13.1. The zero-order valence-electron chi connectivity index (χ0n) is 9.35. The van der Waals surface area contributed by atoms with Crippen molar-refractivity contribution < 1.29 is 24.2 Å². The van der Waals surface area contributed by atoms with Crippen LogP contribution in [-0.2, 0) is 9.59 Å². The van der Waals surface area contributed by atoms with E-state index >= 15 is 0 Å². The zero-order valence-corrected chi connectivity index (χ0v) is 9.35. The molecule has 92 valence electrons. The van der Waals surface area contributed by atoms with Crippen LogP contribution in [0.15, 0.2) is 18.2 Å². The molecule has 0 heterocycles. The number of carbonyl (C=O) groups excluding carboxylic acids is 1. The summed E-state index contributed by atoms with van der Waals surface area (Å²) >= 11 is 0. The minimum Gasteiger partial charge on any atom is -0.505 e. The first-order chi connectivity index (χ1) is 7.84. The molecule has 0 radical (unpaired) electrons. The molecule has 0 saturated heterocycles. The molecule has 1 rings (SSSR count). The first kappa shape index (κ1) is 13.0. The Kier molecular flexibility index (Phi) is 3.67. The molecule has 0 spiro atoms. The maximum Gasteiger partial charge on any atom is 0.331 e. The van der Waals surface area contributed by atoms with Crippen LogP contribution >= 0.6 is 0 Å². The normalized spacial score (nSPS) is 11.9. The second kappa shape index (κ2) is 4.82. The molecule has 1 unspecified atom stereocenters. The molecule has 0 aliphatic rings. The highest BCUT2D eigenvalue weighted by molar-refractivity contribution is 5.83. The molecule has 1 aromatic rings. The Morgan fingerprint density at radius 1 is 1.41 bits per heavy atom. The van der Waals surface area contributed by atoms with E-state index in [1.807, 2.05) is 0 Å². The second-order valence-electron chi connectivity index (χ2n) is 3.58. The topological polar surface area (TPSA) is 77.8 Å². The number of rotatable bonds is 3. The van der Waals surface area contributed by atoms with Gasteiger partial charge in [-0.25, -0.2) is 9.18 Å². The van der Waals surface area contributed by atoms with E-state index in [4.69, 9.17) is 10.2 Å². The smallest absolute Gasteiger partial charge is 0.331 e. The summed E-state index contributed by atoms with van der Waals surface area (Å²) < 4.78 is 13.1. The van der Waals surface area contributed by atoms with Crippen LogP contribution in [0.1, 0.15) is 18.5 Å². The molecule has 0 fully saturated rings. The Balaban J connectivity index is 3.19. The number of likely N-dealkylation sites (N-methyl/N-ethyl adjacent to an activating group) is 1. The van der Waals surface area contributed by atoms with Gasteiger partial charge in [0.05, 0.1) is 0 Å². The molecule has 0 aromatic heterocycles. The van der Waals surface area contributed by atoms with E-state index in [2.05, 4.69) is 0 Å². The fourth-order valence-corrected chi connectivity index (χ4v) is 1.41. The second-order valence-corrected chi connectivity index (χ2v) is 3.58. The summed E-state index contributed by atoms with van der Waals surface area (Å²) in [6.07, 6.45) is 0. The van der Waals surface area contributed by atoms with Crippen LogP contribution in [0.4, 0.5) is 4.39 Å². The fourth-order valence-electron chi connectivity index (χ4n) is 1.41. The van der Waals surface area contributed by atoms with Gasteiger partial charge in [0.1, 0.15) is 0 Å². The lowest BCUT2D eigenvalue weighted by Gasteiger charge is -2.23. The highest BCUT2D eigenvalue weighted by atomic mass is 19.1. The predicted molar refractivity (Wildman–Crippen MR) is 56.9 cm³/mol. The van der Waals surface area contributed by atoms with Gasteiger partial charge in [-0.15, -0.1) is 0 Å². The van der Waals surface area contributed by atoms with E-state index in [1.165, 1.54) is 20.0 Å². The number of aromatic hydroxyl groups is 1. The number of carbonyl (C=O) groups is 2. The molecule has 0 aliphatic carbocycles. The van der Waals surface area contributed by atoms with Crippen LogP contribution in [0.3, 0.4) is 0 Å². The average molecular weight is 241 g/mol. The van der Waals surface area contributed by atoms with E-state index in [0.717, 1.165) is 17.0 Å². The lowest BCUT2D eigenvalue weighted by atomic mass is 10.1. The Labute approximate surface area is 97.1 Å². The van der Waals surface area contributed by atoms with Crippen molar-refractivity contribution >= 4 is 11.9 Å². The van der Waals surface area contributed by atoms with Crippen molar-refractivity contribution in [1.29, 1.82) is 0 Å². The summed E-state index contributed by atoms with van der Waals surface area (Å²) in [5.74, 6) is -3.22. The summed E-state index contributed by atoms with van der Waals surface area (Å²) in [7, 11) is 1.31. The zero-order chi connectivity index (χ0) is 13.2. The number of phenolic OH excluding ortho intramolecular Hbond substituents is 1. The number of carboxylic acid groups (broad SMARTS) is 1. The van der Waals surface area contributed by atoms with Crippen LogP contribution in [0.5, 0.6) is 5.75 Å². The molecular formula is C11H12FNO4. The fraction of sp³-hybridized carbons (Fsp3) is 0.273. The third kappa shape index (κ3) is 2.72. The Morgan fingerprint density at radius 2 is 2.00 bits per heavy atom. The number of carboxylic acids is 1. The molecule has 1 atom stereocenters. The SMILES string of the molecule is CC(=O)N(C)C(C(=O)O)c1ccc(O)c(F)c1. The summed E-state index contributed by atoms with van der Waals surface area (Å²) in [6, 6.07) is 1.93. The summed E-state index contributed by atoms with van der Waals surface area (Å²) in [6.45, 7) is 1.21. The van der Waals surface area contributed by atoms with Gasteiger partial charge in [0.15, 0.2) is 17.6 Å². The van der Waals surface area contributed by atoms with Crippen molar-refractivity contribution in [3.63, 3.8) is 0 Å². The van der Waals surface area contributed by atoms with Gasteiger partial charge in [0.2, 0.25) is 5.91 Å². The lowest BCUT2D eigenvalue weighted by Crippen LogP contribution is -2.34. The van der Waals surface area contributed by atoms with Crippen LogP contribution < -0.4 is 0 Å². The third-order valence-electron chi connectivity index (χ3n) is 2.41. The van der Waals surface area contributed by atoms with Gasteiger partial charge < -0.3 is 15.1 Å². The molecule has 5 nitrogen and oxygen atoms in total.